The van der Waals surface area contributed by atoms with Crippen LogP contribution < -0.4 is 5.32 Å². The number of nitro benzene ring substituents is 1. The van der Waals surface area contributed by atoms with Crippen LogP contribution in [0.1, 0.15) is 30.5 Å². The van der Waals surface area contributed by atoms with Gasteiger partial charge in [0.15, 0.2) is 5.11 Å². The van der Waals surface area contributed by atoms with Crippen LogP contribution in [0.3, 0.4) is 0 Å². The molecule has 1 aromatic carbocycles. The minimum Gasteiger partial charge on any atom is -0.465 e. The van der Waals surface area contributed by atoms with Gasteiger partial charge in [0.25, 0.3) is 5.69 Å². The minimum absolute atomic E-state index is 0.0283. The van der Waals surface area contributed by atoms with Gasteiger partial charge in [-0.25, -0.2) is 0 Å². The molecule has 9 nitrogen and oxygen atoms in total. The largest absolute Gasteiger partial charge is 0.465 e. The number of pyridine rings is 1. The van der Waals surface area contributed by atoms with Gasteiger partial charge in [0, 0.05) is 23.9 Å². The zero-order chi connectivity index (χ0) is 22.7. The highest BCUT2D eigenvalue weighted by Crippen LogP contribution is 2.40. The molecule has 0 bridgehead atoms. The summed E-state index contributed by atoms with van der Waals surface area (Å²) >= 11 is 5.51. The van der Waals surface area contributed by atoms with Crippen molar-refractivity contribution in [2.75, 3.05) is 13.2 Å². The lowest BCUT2D eigenvalue weighted by atomic mass is 10.0. The van der Waals surface area contributed by atoms with Gasteiger partial charge in [-0.15, -0.1) is 0 Å². The van der Waals surface area contributed by atoms with Crippen LogP contribution in [0, 0.1) is 10.1 Å². The molecule has 1 N–H and O–H groups in total. The van der Waals surface area contributed by atoms with Gasteiger partial charge in [0.2, 0.25) is 0 Å². The number of rotatable bonds is 7. The number of nitro groups is 1. The molecule has 0 amide bonds. The van der Waals surface area contributed by atoms with Crippen molar-refractivity contribution < 1.29 is 18.9 Å². The third-order valence-electron chi connectivity index (χ3n) is 5.06. The Hall–Kier alpha value is -3.79. The molecule has 0 aliphatic carbocycles. The van der Waals surface area contributed by atoms with Crippen molar-refractivity contribution in [2.45, 2.75) is 19.0 Å². The smallest absolute Gasteiger partial charge is 0.325 e. The first-order valence-corrected chi connectivity index (χ1v) is 10.4. The molecule has 1 saturated heterocycles. The number of hydrogen-bond acceptors (Lipinski definition) is 7. The molecular formula is C22H20N4O5S. The fourth-order valence-electron chi connectivity index (χ4n) is 3.67. The highest BCUT2D eigenvalue weighted by Gasteiger charge is 2.42. The van der Waals surface area contributed by atoms with Crippen molar-refractivity contribution >= 4 is 29.0 Å². The van der Waals surface area contributed by atoms with E-state index in [-0.39, 0.29) is 24.9 Å². The molecule has 2 aromatic heterocycles. The predicted molar refractivity (Wildman–Crippen MR) is 120 cm³/mol. The summed E-state index contributed by atoms with van der Waals surface area (Å²) in [6.45, 7) is 1.95. The van der Waals surface area contributed by atoms with Crippen molar-refractivity contribution in [1.29, 1.82) is 0 Å². The quantitative estimate of drug-likeness (QED) is 0.248. The normalized spacial score (nSPS) is 17.8. The van der Waals surface area contributed by atoms with E-state index in [4.69, 9.17) is 21.4 Å². The molecule has 10 heteroatoms. The second-order valence-corrected chi connectivity index (χ2v) is 7.46. The first kappa shape index (κ1) is 21.4. The van der Waals surface area contributed by atoms with E-state index >= 15 is 0 Å². The van der Waals surface area contributed by atoms with Crippen LogP contribution in [0.15, 0.2) is 65.2 Å². The zero-order valence-electron chi connectivity index (χ0n) is 17.1. The van der Waals surface area contributed by atoms with Crippen molar-refractivity contribution in [3.05, 3.63) is 82.4 Å². The number of carbonyl (C=O) groups excluding carboxylic acids is 1. The van der Waals surface area contributed by atoms with Gasteiger partial charge in [0.05, 0.1) is 23.3 Å². The number of nitrogens with zero attached hydrogens (tertiary/aromatic N) is 3. The van der Waals surface area contributed by atoms with Crippen LogP contribution in [-0.2, 0) is 9.53 Å². The summed E-state index contributed by atoms with van der Waals surface area (Å²) in [6.07, 6.45) is 1.68. The Morgan fingerprint density at radius 3 is 2.84 bits per heavy atom. The molecule has 1 fully saturated rings. The summed E-state index contributed by atoms with van der Waals surface area (Å²) < 4.78 is 11.2. The number of ether oxygens (including phenoxy) is 1. The fraction of sp³-hybridized carbons (Fsp3) is 0.227. The van der Waals surface area contributed by atoms with Crippen LogP contribution in [0.2, 0.25) is 0 Å². The second-order valence-electron chi connectivity index (χ2n) is 7.07. The van der Waals surface area contributed by atoms with Crippen LogP contribution in [0.5, 0.6) is 0 Å². The third kappa shape index (κ3) is 4.30. The summed E-state index contributed by atoms with van der Waals surface area (Å²) in [6, 6.07) is 14.5. The Labute approximate surface area is 189 Å². The van der Waals surface area contributed by atoms with Gasteiger partial charge in [0.1, 0.15) is 24.1 Å². The van der Waals surface area contributed by atoms with Crippen LogP contribution in [0.25, 0.3) is 11.3 Å². The number of esters is 1. The predicted octanol–water partition coefficient (Wildman–Crippen LogP) is 3.79. The van der Waals surface area contributed by atoms with Gasteiger partial charge in [-0.2, -0.15) is 0 Å². The standard InChI is InChI=1S/C22H20N4O5S/c1-2-30-19(27)13-25-21(20(24-22(25)32)16-8-3-4-11-23-16)18-10-9-17(31-18)14-6-5-7-15(12-14)26(28)29/h3-12,20-21H,2,13H2,1H3,(H,24,32). The van der Waals surface area contributed by atoms with Crippen molar-refractivity contribution in [1.82, 2.24) is 15.2 Å². The number of hydrogen-bond donors (Lipinski definition) is 1. The molecule has 32 heavy (non-hydrogen) atoms. The molecule has 2 atom stereocenters. The van der Waals surface area contributed by atoms with Gasteiger partial charge in [-0.05, 0) is 43.4 Å². The Balaban J connectivity index is 1.71. The molecule has 1 aliphatic heterocycles. The molecule has 0 spiro atoms. The topological polar surface area (TPSA) is 111 Å². The number of non-ortho nitro benzene ring substituents is 1. The lowest BCUT2D eigenvalue weighted by Gasteiger charge is -2.25. The monoisotopic (exact) mass is 452 g/mol. The van der Waals surface area contributed by atoms with Crippen molar-refractivity contribution in [3.8, 4) is 11.3 Å². The summed E-state index contributed by atoms with van der Waals surface area (Å²) in [5.41, 5.74) is 1.28. The number of furan rings is 1. The number of benzene rings is 1. The first-order valence-electron chi connectivity index (χ1n) is 9.96. The van der Waals surface area contributed by atoms with E-state index in [1.807, 2.05) is 18.2 Å². The molecular weight excluding hydrogens is 432 g/mol. The number of thiocarbonyl (C=S) groups is 1. The molecule has 3 heterocycles. The van der Waals surface area contributed by atoms with E-state index < -0.39 is 16.9 Å². The maximum absolute atomic E-state index is 12.2. The van der Waals surface area contributed by atoms with E-state index in [0.717, 1.165) is 5.69 Å². The highest BCUT2D eigenvalue weighted by molar-refractivity contribution is 7.80. The van der Waals surface area contributed by atoms with Gasteiger partial charge in [-0.1, -0.05) is 18.2 Å². The Morgan fingerprint density at radius 2 is 2.12 bits per heavy atom. The lowest BCUT2D eigenvalue weighted by Crippen LogP contribution is -2.35. The molecule has 4 rings (SSSR count). The van der Waals surface area contributed by atoms with E-state index in [1.54, 1.807) is 42.3 Å². The highest BCUT2D eigenvalue weighted by atomic mass is 32.1. The third-order valence-corrected chi connectivity index (χ3v) is 5.41. The van der Waals surface area contributed by atoms with Crippen LogP contribution in [-0.4, -0.2) is 39.0 Å². The molecule has 3 aromatic rings. The maximum Gasteiger partial charge on any atom is 0.325 e. The first-order chi connectivity index (χ1) is 15.5. The Bertz CT molecular complexity index is 1150. The summed E-state index contributed by atoms with van der Waals surface area (Å²) in [5, 5.41) is 14.7. The molecule has 0 radical (unpaired) electrons. The molecule has 2 unspecified atom stereocenters. The van der Waals surface area contributed by atoms with Crippen molar-refractivity contribution in [2.24, 2.45) is 0 Å². The van der Waals surface area contributed by atoms with Crippen LogP contribution in [0.4, 0.5) is 5.69 Å². The molecule has 0 saturated carbocycles. The number of nitrogens with one attached hydrogen (secondary N) is 1. The SMILES string of the molecule is CCOC(=O)CN1C(=S)NC(c2ccccn2)C1c1ccc(-c2cccc([N+](=O)[O-])c2)o1. The summed E-state index contributed by atoms with van der Waals surface area (Å²) in [4.78, 5) is 29.1. The summed E-state index contributed by atoms with van der Waals surface area (Å²) in [5.74, 6) is 0.602. The Morgan fingerprint density at radius 1 is 1.28 bits per heavy atom. The van der Waals surface area contributed by atoms with E-state index in [2.05, 4.69) is 10.3 Å². The molecule has 164 valence electrons. The zero-order valence-corrected chi connectivity index (χ0v) is 18.0. The van der Waals surface area contributed by atoms with Gasteiger partial charge in [-0.3, -0.25) is 19.9 Å². The Kier molecular flexibility index (Phi) is 6.13. The van der Waals surface area contributed by atoms with Gasteiger partial charge >= 0.3 is 5.97 Å². The second kappa shape index (κ2) is 9.15. The average molecular weight is 452 g/mol. The van der Waals surface area contributed by atoms with Crippen LogP contribution >= 0.6 is 12.2 Å². The minimum atomic E-state index is -0.464. The molecule has 1 aliphatic rings. The van der Waals surface area contributed by atoms with E-state index in [9.17, 15) is 14.9 Å². The summed E-state index contributed by atoms with van der Waals surface area (Å²) in [7, 11) is 0. The lowest BCUT2D eigenvalue weighted by molar-refractivity contribution is -0.384. The van der Waals surface area contributed by atoms with Gasteiger partial charge < -0.3 is 19.4 Å². The van der Waals surface area contributed by atoms with Crippen molar-refractivity contribution in [3.63, 3.8) is 0 Å². The maximum atomic E-state index is 12.2. The fourth-order valence-corrected chi connectivity index (χ4v) is 3.98. The number of carbonyl (C=O) groups is 1. The average Bonchev–Trinajstić information content (AvgIpc) is 3.40. The number of aromatic nitrogens is 1. The van der Waals surface area contributed by atoms with E-state index in [1.165, 1.54) is 12.1 Å². The van der Waals surface area contributed by atoms with E-state index in [0.29, 0.717) is 22.2 Å².